The first-order valence-electron chi connectivity index (χ1n) is 7.67. The van der Waals surface area contributed by atoms with E-state index < -0.39 is 5.82 Å². The van der Waals surface area contributed by atoms with Crippen molar-refractivity contribution in [3.63, 3.8) is 0 Å². The highest BCUT2D eigenvalue weighted by atomic mass is 19.1. The quantitative estimate of drug-likeness (QED) is 0.746. The lowest BCUT2D eigenvalue weighted by molar-refractivity contribution is 0.0953. The molecule has 128 valence electrons. The maximum Gasteiger partial charge on any atom is 0.251 e. The van der Waals surface area contributed by atoms with Gasteiger partial charge in [0.05, 0.1) is 12.7 Å². The van der Waals surface area contributed by atoms with Crippen LogP contribution in [0.3, 0.4) is 0 Å². The first-order chi connectivity index (χ1) is 12.2. The Labute approximate surface area is 143 Å². The molecule has 0 saturated heterocycles. The molecule has 2 aromatic carbocycles. The molecule has 3 rings (SSSR count). The number of nitrogens with one attached hydrogen (secondary N) is 1. The minimum absolute atomic E-state index is 0.118. The average molecular weight is 341 g/mol. The number of halogens is 1. The van der Waals surface area contributed by atoms with Gasteiger partial charge in [-0.05, 0) is 30.3 Å². The Balaban J connectivity index is 1.57. The van der Waals surface area contributed by atoms with E-state index in [0.29, 0.717) is 30.2 Å². The summed E-state index contributed by atoms with van der Waals surface area (Å²) in [6.07, 6.45) is 0.344. The number of benzene rings is 2. The van der Waals surface area contributed by atoms with Gasteiger partial charge in [-0.3, -0.25) is 4.79 Å². The van der Waals surface area contributed by atoms with Crippen molar-refractivity contribution in [3.8, 4) is 17.2 Å². The second kappa shape index (κ2) is 7.57. The van der Waals surface area contributed by atoms with E-state index in [-0.39, 0.29) is 17.4 Å². The highest BCUT2D eigenvalue weighted by Gasteiger charge is 2.13. The summed E-state index contributed by atoms with van der Waals surface area (Å²) in [7, 11) is 1.54. The van der Waals surface area contributed by atoms with Crippen LogP contribution in [0.1, 0.15) is 16.2 Å². The van der Waals surface area contributed by atoms with Gasteiger partial charge in [-0.1, -0.05) is 18.2 Å². The van der Waals surface area contributed by atoms with E-state index in [9.17, 15) is 9.18 Å². The molecule has 1 heterocycles. The van der Waals surface area contributed by atoms with Crippen LogP contribution in [0.2, 0.25) is 0 Å². The molecule has 0 saturated carbocycles. The fraction of sp³-hybridized carbons (Fsp3) is 0.167. The molecule has 0 bridgehead atoms. The fourth-order valence-electron chi connectivity index (χ4n) is 2.25. The van der Waals surface area contributed by atoms with Crippen molar-refractivity contribution in [1.82, 2.24) is 15.5 Å². The van der Waals surface area contributed by atoms with Gasteiger partial charge >= 0.3 is 0 Å². The molecule has 0 aliphatic heterocycles. The van der Waals surface area contributed by atoms with Gasteiger partial charge in [0.15, 0.2) is 0 Å². The van der Waals surface area contributed by atoms with Crippen LogP contribution in [0.5, 0.6) is 5.75 Å². The predicted molar refractivity (Wildman–Crippen MR) is 88.7 cm³/mol. The van der Waals surface area contributed by atoms with Gasteiger partial charge in [0, 0.05) is 18.5 Å². The summed E-state index contributed by atoms with van der Waals surface area (Å²) < 4.78 is 24.2. The van der Waals surface area contributed by atoms with Crippen LogP contribution in [0.4, 0.5) is 4.39 Å². The maximum absolute atomic E-state index is 13.7. The van der Waals surface area contributed by atoms with Gasteiger partial charge < -0.3 is 14.5 Å². The number of hydrogen-bond donors (Lipinski definition) is 1. The molecule has 6 nitrogen and oxygen atoms in total. The molecule has 0 fully saturated rings. The zero-order valence-electron chi connectivity index (χ0n) is 13.5. The topological polar surface area (TPSA) is 77.2 Å². The van der Waals surface area contributed by atoms with Crippen molar-refractivity contribution in [2.75, 3.05) is 13.7 Å². The Morgan fingerprint density at radius 3 is 2.84 bits per heavy atom. The number of ether oxygens (including phenoxy) is 1. The van der Waals surface area contributed by atoms with E-state index in [2.05, 4.69) is 15.5 Å². The lowest BCUT2D eigenvalue weighted by Crippen LogP contribution is -2.25. The van der Waals surface area contributed by atoms with Crippen LogP contribution >= 0.6 is 0 Å². The molecule has 0 atom stereocenters. The van der Waals surface area contributed by atoms with Crippen molar-refractivity contribution in [2.24, 2.45) is 0 Å². The highest BCUT2D eigenvalue weighted by Crippen LogP contribution is 2.20. The zero-order chi connectivity index (χ0) is 17.6. The van der Waals surface area contributed by atoms with E-state index in [0.717, 1.165) is 0 Å². The van der Waals surface area contributed by atoms with Crippen LogP contribution in [0, 0.1) is 5.82 Å². The van der Waals surface area contributed by atoms with Crippen LogP contribution in [-0.4, -0.2) is 29.8 Å². The molecule has 0 aliphatic carbocycles. The third-order valence-electron chi connectivity index (χ3n) is 3.53. The zero-order valence-corrected chi connectivity index (χ0v) is 13.5. The molecular formula is C18H16FN3O3. The van der Waals surface area contributed by atoms with Gasteiger partial charge in [0.25, 0.3) is 11.8 Å². The molecule has 3 aromatic rings. The van der Waals surface area contributed by atoms with Crippen molar-refractivity contribution < 1.29 is 18.3 Å². The number of aromatic nitrogens is 2. The molecule has 0 radical (unpaired) electrons. The second-order valence-corrected chi connectivity index (χ2v) is 5.22. The maximum atomic E-state index is 13.7. The average Bonchev–Trinajstić information content (AvgIpc) is 3.10. The van der Waals surface area contributed by atoms with Crippen molar-refractivity contribution in [2.45, 2.75) is 6.42 Å². The van der Waals surface area contributed by atoms with E-state index in [1.807, 2.05) is 0 Å². The van der Waals surface area contributed by atoms with Crippen LogP contribution in [-0.2, 0) is 6.42 Å². The van der Waals surface area contributed by atoms with Gasteiger partial charge in [-0.2, -0.15) is 0 Å². The van der Waals surface area contributed by atoms with E-state index in [1.54, 1.807) is 49.6 Å². The number of rotatable bonds is 6. The Morgan fingerprint density at radius 1 is 1.20 bits per heavy atom. The summed E-state index contributed by atoms with van der Waals surface area (Å²) in [6.45, 7) is 0.314. The normalized spacial score (nSPS) is 10.5. The highest BCUT2D eigenvalue weighted by molar-refractivity contribution is 5.94. The van der Waals surface area contributed by atoms with Crippen LogP contribution in [0.25, 0.3) is 11.5 Å². The first-order valence-corrected chi connectivity index (χ1v) is 7.67. The standard InChI is InChI=1S/C18H16FN3O3/c1-24-13-6-4-5-12(11-13)17(23)20-10-9-16-21-22-18(25-16)14-7-2-3-8-15(14)19/h2-8,11H,9-10H2,1H3,(H,20,23). The van der Waals surface area contributed by atoms with Gasteiger partial charge in [-0.25, -0.2) is 4.39 Å². The van der Waals surface area contributed by atoms with Gasteiger partial charge in [-0.15, -0.1) is 10.2 Å². The minimum Gasteiger partial charge on any atom is -0.497 e. The largest absolute Gasteiger partial charge is 0.497 e. The molecule has 0 spiro atoms. The van der Waals surface area contributed by atoms with E-state index in [1.165, 1.54) is 6.07 Å². The molecule has 1 aromatic heterocycles. The summed E-state index contributed by atoms with van der Waals surface area (Å²) in [6, 6.07) is 13.0. The number of methoxy groups -OCH3 is 1. The fourth-order valence-corrected chi connectivity index (χ4v) is 2.25. The Morgan fingerprint density at radius 2 is 2.04 bits per heavy atom. The minimum atomic E-state index is -0.427. The summed E-state index contributed by atoms with van der Waals surface area (Å²) in [4.78, 5) is 12.1. The predicted octanol–water partition coefficient (Wildman–Crippen LogP) is 2.86. The smallest absolute Gasteiger partial charge is 0.251 e. The number of hydrogen-bond acceptors (Lipinski definition) is 5. The molecule has 0 unspecified atom stereocenters. The number of amides is 1. The Hall–Kier alpha value is -3.22. The Kier molecular flexibility index (Phi) is 5.03. The summed E-state index contributed by atoms with van der Waals surface area (Å²) >= 11 is 0. The van der Waals surface area contributed by atoms with E-state index in [4.69, 9.17) is 9.15 Å². The molecule has 1 N–H and O–H groups in total. The Bertz CT molecular complexity index is 879. The molecular weight excluding hydrogens is 325 g/mol. The van der Waals surface area contributed by atoms with Gasteiger partial charge in [0.1, 0.15) is 11.6 Å². The van der Waals surface area contributed by atoms with Crippen molar-refractivity contribution in [1.29, 1.82) is 0 Å². The van der Waals surface area contributed by atoms with E-state index >= 15 is 0 Å². The van der Waals surface area contributed by atoms with Crippen molar-refractivity contribution >= 4 is 5.91 Å². The monoisotopic (exact) mass is 341 g/mol. The third kappa shape index (κ3) is 4.00. The number of carbonyl (C=O) groups excluding carboxylic acids is 1. The lowest BCUT2D eigenvalue weighted by Gasteiger charge is -2.05. The number of nitrogens with zero attached hydrogens (tertiary/aromatic N) is 2. The number of carbonyl (C=O) groups is 1. The molecule has 7 heteroatoms. The van der Waals surface area contributed by atoms with Gasteiger partial charge in [0.2, 0.25) is 5.89 Å². The SMILES string of the molecule is COc1cccc(C(=O)NCCc2nnc(-c3ccccc3F)o2)c1. The first kappa shape index (κ1) is 16.6. The summed E-state index contributed by atoms with van der Waals surface area (Å²) in [5.41, 5.74) is 0.749. The molecule has 0 aliphatic rings. The molecule has 25 heavy (non-hydrogen) atoms. The third-order valence-corrected chi connectivity index (χ3v) is 3.53. The van der Waals surface area contributed by atoms with Crippen LogP contribution < -0.4 is 10.1 Å². The second-order valence-electron chi connectivity index (χ2n) is 5.22. The van der Waals surface area contributed by atoms with Crippen molar-refractivity contribution in [3.05, 3.63) is 65.8 Å². The summed E-state index contributed by atoms with van der Waals surface area (Å²) in [5, 5.41) is 10.5. The molecule has 1 amide bonds. The van der Waals surface area contributed by atoms with Crippen LogP contribution in [0.15, 0.2) is 52.9 Å². The lowest BCUT2D eigenvalue weighted by atomic mass is 10.2. The summed E-state index contributed by atoms with van der Waals surface area (Å²) in [5.74, 6) is 0.396.